The number of sulfone groups is 1. The van der Waals surface area contributed by atoms with Gasteiger partial charge >= 0.3 is 0 Å². The van der Waals surface area contributed by atoms with Crippen LogP contribution in [0.4, 0.5) is 11.5 Å². The monoisotopic (exact) mass is 470 g/mol. The lowest BCUT2D eigenvalue weighted by molar-refractivity contribution is -0.122. The van der Waals surface area contributed by atoms with Gasteiger partial charge in [0.1, 0.15) is 5.82 Å². The predicted octanol–water partition coefficient (Wildman–Crippen LogP) is 2.95. The second-order valence-corrected chi connectivity index (χ2v) is 10.4. The normalized spacial score (nSPS) is 19.2. The molecule has 1 saturated heterocycles. The molecule has 0 spiro atoms. The van der Waals surface area contributed by atoms with Gasteiger partial charge in [0.2, 0.25) is 11.8 Å². The van der Waals surface area contributed by atoms with Gasteiger partial charge in [-0.15, -0.1) is 0 Å². The van der Waals surface area contributed by atoms with Gasteiger partial charge in [-0.05, 0) is 30.3 Å². The zero-order valence-corrected chi connectivity index (χ0v) is 18.4. The topological polar surface area (TPSA) is 101 Å². The number of para-hydroxylation sites is 1. The van der Waals surface area contributed by atoms with Crippen molar-refractivity contribution in [2.75, 3.05) is 16.8 Å². The molecule has 3 heterocycles. The molecule has 1 unspecified atom stereocenters. The van der Waals surface area contributed by atoms with Crippen LogP contribution in [-0.4, -0.2) is 36.6 Å². The van der Waals surface area contributed by atoms with Gasteiger partial charge in [-0.25, -0.2) is 13.1 Å². The molecule has 2 aromatic carbocycles. The summed E-state index contributed by atoms with van der Waals surface area (Å²) in [5.74, 6) is -1.13. The Labute approximate surface area is 189 Å². The lowest BCUT2D eigenvalue weighted by Crippen LogP contribution is -2.29. The van der Waals surface area contributed by atoms with Crippen molar-refractivity contribution < 1.29 is 18.0 Å². The first-order chi connectivity index (χ1) is 15.3. The highest BCUT2D eigenvalue weighted by Gasteiger charge is 2.38. The average molecular weight is 471 g/mol. The van der Waals surface area contributed by atoms with Crippen molar-refractivity contribution in [3.05, 3.63) is 70.9 Å². The van der Waals surface area contributed by atoms with Crippen molar-refractivity contribution in [3.8, 4) is 5.69 Å². The Morgan fingerprint density at radius 1 is 1.06 bits per heavy atom. The number of benzene rings is 2. The van der Waals surface area contributed by atoms with Crippen LogP contribution in [0.5, 0.6) is 0 Å². The van der Waals surface area contributed by atoms with Gasteiger partial charge in [0.15, 0.2) is 9.84 Å². The third-order valence-corrected chi connectivity index (χ3v) is 7.32. The molecule has 5 rings (SSSR count). The number of halogens is 1. The zero-order chi connectivity index (χ0) is 22.5. The number of fused-ring (bicyclic) bond motifs is 1. The van der Waals surface area contributed by atoms with Crippen molar-refractivity contribution in [3.63, 3.8) is 0 Å². The van der Waals surface area contributed by atoms with Gasteiger partial charge in [-0.2, -0.15) is 5.10 Å². The van der Waals surface area contributed by atoms with E-state index in [0.29, 0.717) is 27.8 Å². The van der Waals surface area contributed by atoms with E-state index < -0.39 is 15.8 Å². The molecule has 0 saturated carbocycles. The number of amides is 2. The first-order valence-corrected chi connectivity index (χ1v) is 12.2. The molecule has 2 amide bonds. The van der Waals surface area contributed by atoms with E-state index in [0.717, 1.165) is 5.69 Å². The van der Waals surface area contributed by atoms with E-state index >= 15 is 0 Å². The van der Waals surface area contributed by atoms with E-state index in [2.05, 4.69) is 10.4 Å². The SMILES string of the molecule is O=C(Nc1c2c(nn1-c1cccc(Cl)c1)CS(=O)(=O)C2)C1CC(=O)N(c2ccccc2)C1. The maximum atomic E-state index is 13.1. The van der Waals surface area contributed by atoms with Crippen molar-refractivity contribution in [2.45, 2.75) is 17.9 Å². The molecule has 0 aliphatic carbocycles. The highest BCUT2D eigenvalue weighted by molar-refractivity contribution is 7.90. The number of rotatable bonds is 4. The molecule has 32 heavy (non-hydrogen) atoms. The van der Waals surface area contributed by atoms with Gasteiger partial charge < -0.3 is 10.2 Å². The summed E-state index contributed by atoms with van der Waals surface area (Å²) in [6.45, 7) is 0.250. The third kappa shape index (κ3) is 3.78. The van der Waals surface area contributed by atoms with Crippen LogP contribution in [0, 0.1) is 5.92 Å². The van der Waals surface area contributed by atoms with E-state index in [4.69, 9.17) is 11.6 Å². The minimum absolute atomic E-state index is 0.0759. The standard InChI is InChI=1S/C22H19ClN4O4S/c23-15-5-4-8-17(10-15)27-21(18-12-32(30,31)13-19(18)25-27)24-22(29)14-9-20(28)26(11-14)16-6-2-1-3-7-16/h1-8,10,14H,9,11-13H2,(H,24,29). The summed E-state index contributed by atoms with van der Waals surface area (Å²) < 4.78 is 25.8. The highest BCUT2D eigenvalue weighted by atomic mass is 35.5. The third-order valence-electron chi connectivity index (χ3n) is 5.65. The van der Waals surface area contributed by atoms with Gasteiger partial charge in [-0.1, -0.05) is 35.9 Å². The summed E-state index contributed by atoms with van der Waals surface area (Å²) in [5.41, 5.74) is 2.23. The molecule has 8 nitrogen and oxygen atoms in total. The Balaban J connectivity index is 1.45. The van der Waals surface area contributed by atoms with Crippen LogP contribution in [0.2, 0.25) is 5.02 Å². The number of nitrogens with one attached hydrogen (secondary N) is 1. The second-order valence-electron chi connectivity index (χ2n) is 7.93. The van der Waals surface area contributed by atoms with E-state index in [9.17, 15) is 18.0 Å². The molecule has 0 radical (unpaired) electrons. The molecule has 10 heteroatoms. The average Bonchev–Trinajstić information content (AvgIpc) is 3.39. The predicted molar refractivity (Wildman–Crippen MR) is 120 cm³/mol. The quantitative estimate of drug-likeness (QED) is 0.631. The van der Waals surface area contributed by atoms with Crippen molar-refractivity contribution in [1.82, 2.24) is 9.78 Å². The van der Waals surface area contributed by atoms with Crippen LogP contribution in [0.25, 0.3) is 5.69 Å². The van der Waals surface area contributed by atoms with Crippen LogP contribution in [0.1, 0.15) is 17.7 Å². The fraction of sp³-hybridized carbons (Fsp3) is 0.227. The van der Waals surface area contributed by atoms with Gasteiger partial charge in [0.05, 0.1) is 28.8 Å². The molecule has 1 N–H and O–H groups in total. The summed E-state index contributed by atoms with van der Waals surface area (Å²) in [7, 11) is -3.32. The van der Waals surface area contributed by atoms with Gasteiger partial charge in [0, 0.05) is 29.2 Å². The number of carbonyl (C=O) groups is 2. The highest BCUT2D eigenvalue weighted by Crippen LogP contribution is 2.34. The summed E-state index contributed by atoms with van der Waals surface area (Å²) in [5, 5.41) is 7.79. The molecule has 1 atom stereocenters. The fourth-order valence-electron chi connectivity index (χ4n) is 4.13. The Bertz CT molecular complexity index is 1340. The first kappa shape index (κ1) is 20.7. The minimum atomic E-state index is -3.32. The Hall–Kier alpha value is -3.17. The molecule has 0 bridgehead atoms. The van der Waals surface area contributed by atoms with Crippen LogP contribution in [-0.2, 0) is 30.9 Å². The second kappa shape index (κ2) is 7.75. The molecule has 3 aromatic rings. The number of anilines is 2. The van der Waals surface area contributed by atoms with Crippen molar-refractivity contribution >= 4 is 44.8 Å². The molecule has 164 valence electrons. The van der Waals surface area contributed by atoms with Crippen molar-refractivity contribution in [1.29, 1.82) is 0 Å². The van der Waals surface area contributed by atoms with E-state index in [1.165, 1.54) is 4.68 Å². The minimum Gasteiger partial charge on any atom is -0.312 e. The van der Waals surface area contributed by atoms with E-state index in [1.807, 2.05) is 30.3 Å². The molecule has 1 fully saturated rings. The molecule has 2 aliphatic rings. The lowest BCUT2D eigenvalue weighted by atomic mass is 10.1. The van der Waals surface area contributed by atoms with Crippen molar-refractivity contribution in [2.24, 2.45) is 5.92 Å². The first-order valence-electron chi connectivity index (χ1n) is 10.0. The Kier molecular flexibility index (Phi) is 5.02. The summed E-state index contributed by atoms with van der Waals surface area (Å²) >= 11 is 6.12. The number of carbonyl (C=O) groups excluding carboxylic acids is 2. The van der Waals surface area contributed by atoms with E-state index in [1.54, 1.807) is 29.2 Å². The van der Waals surface area contributed by atoms with Gasteiger partial charge in [-0.3, -0.25) is 9.59 Å². The molecular formula is C22H19ClN4O4S. The fourth-order valence-corrected chi connectivity index (χ4v) is 5.80. The van der Waals surface area contributed by atoms with Crippen LogP contribution < -0.4 is 10.2 Å². The number of nitrogens with zero attached hydrogens (tertiary/aromatic N) is 3. The summed E-state index contributed by atoms with van der Waals surface area (Å²) in [4.78, 5) is 27.3. The smallest absolute Gasteiger partial charge is 0.230 e. The molecule has 1 aromatic heterocycles. The van der Waals surface area contributed by atoms with E-state index in [-0.39, 0.29) is 36.3 Å². The largest absolute Gasteiger partial charge is 0.312 e. The number of aromatic nitrogens is 2. The number of hydrogen-bond donors (Lipinski definition) is 1. The van der Waals surface area contributed by atoms with Gasteiger partial charge in [0.25, 0.3) is 0 Å². The Morgan fingerprint density at radius 2 is 1.81 bits per heavy atom. The Morgan fingerprint density at radius 3 is 2.56 bits per heavy atom. The molecular weight excluding hydrogens is 452 g/mol. The van der Waals surface area contributed by atoms with Crippen LogP contribution in [0.15, 0.2) is 54.6 Å². The number of hydrogen-bond acceptors (Lipinski definition) is 5. The zero-order valence-electron chi connectivity index (χ0n) is 16.9. The lowest BCUT2D eigenvalue weighted by Gasteiger charge is -2.17. The molecule has 2 aliphatic heterocycles. The van der Waals surface area contributed by atoms with Crippen LogP contribution >= 0.6 is 11.6 Å². The van der Waals surface area contributed by atoms with Crippen LogP contribution in [0.3, 0.4) is 0 Å². The maximum Gasteiger partial charge on any atom is 0.230 e. The summed E-state index contributed by atoms with van der Waals surface area (Å²) in [6, 6.07) is 16.1. The maximum absolute atomic E-state index is 13.1. The summed E-state index contributed by atoms with van der Waals surface area (Å²) in [6.07, 6.45) is 0.0759.